The van der Waals surface area contributed by atoms with E-state index in [9.17, 15) is 14.0 Å². The van der Waals surface area contributed by atoms with Crippen molar-refractivity contribution in [1.29, 1.82) is 0 Å². The van der Waals surface area contributed by atoms with Gasteiger partial charge in [0.25, 0.3) is 0 Å². The molecule has 110 valence electrons. The summed E-state index contributed by atoms with van der Waals surface area (Å²) in [5.41, 5.74) is 0.898. The molecule has 20 heavy (non-hydrogen) atoms. The molecule has 0 fully saturated rings. The Morgan fingerprint density at radius 2 is 1.95 bits per heavy atom. The number of carbonyl (C=O) groups excluding carboxylic acids is 1. The number of urea groups is 1. The lowest BCUT2D eigenvalue weighted by molar-refractivity contribution is -0.139. The summed E-state index contributed by atoms with van der Waals surface area (Å²) >= 11 is 0. The summed E-state index contributed by atoms with van der Waals surface area (Å²) in [6.07, 6.45) is 1.62. The lowest BCUT2D eigenvalue weighted by Crippen LogP contribution is -2.46. The smallest absolute Gasteiger partial charge is 0.326 e. The molecular weight excluding hydrogens is 263 g/mol. The summed E-state index contributed by atoms with van der Waals surface area (Å²) in [7, 11) is 0. The topological polar surface area (TPSA) is 78.4 Å². The predicted molar refractivity (Wildman–Crippen MR) is 73.0 cm³/mol. The Labute approximate surface area is 117 Å². The minimum Gasteiger partial charge on any atom is -0.480 e. The zero-order valence-corrected chi connectivity index (χ0v) is 11.4. The van der Waals surface area contributed by atoms with E-state index < -0.39 is 18.0 Å². The molecule has 1 rings (SSSR count). The van der Waals surface area contributed by atoms with E-state index >= 15 is 0 Å². The van der Waals surface area contributed by atoms with Crippen LogP contribution in [0.4, 0.5) is 9.18 Å². The van der Waals surface area contributed by atoms with Crippen LogP contribution in [0.2, 0.25) is 0 Å². The van der Waals surface area contributed by atoms with Gasteiger partial charge in [0.1, 0.15) is 11.9 Å². The lowest BCUT2D eigenvalue weighted by atomic mass is 10.1. The Morgan fingerprint density at radius 3 is 2.50 bits per heavy atom. The third-order valence-corrected chi connectivity index (χ3v) is 2.79. The molecule has 0 aromatic heterocycles. The van der Waals surface area contributed by atoms with Crippen molar-refractivity contribution < 1.29 is 19.1 Å². The van der Waals surface area contributed by atoms with Crippen LogP contribution in [0, 0.1) is 5.82 Å². The van der Waals surface area contributed by atoms with Crippen molar-refractivity contribution in [2.45, 2.75) is 32.2 Å². The van der Waals surface area contributed by atoms with Crippen LogP contribution < -0.4 is 10.6 Å². The highest BCUT2D eigenvalue weighted by atomic mass is 19.1. The highest BCUT2D eigenvalue weighted by Gasteiger charge is 2.18. The van der Waals surface area contributed by atoms with Gasteiger partial charge < -0.3 is 15.7 Å². The molecule has 0 aliphatic rings. The summed E-state index contributed by atoms with van der Waals surface area (Å²) in [4.78, 5) is 22.4. The molecule has 0 aliphatic heterocycles. The fourth-order valence-corrected chi connectivity index (χ4v) is 1.73. The Bertz CT molecular complexity index is 448. The molecule has 0 bridgehead atoms. The van der Waals surface area contributed by atoms with Gasteiger partial charge in [-0.1, -0.05) is 25.5 Å². The SMILES string of the molecule is CCC[C@@H](NC(=O)NCCc1ccc(F)cc1)C(=O)O. The molecule has 0 heterocycles. The van der Waals surface area contributed by atoms with Crippen molar-refractivity contribution in [3.8, 4) is 0 Å². The molecule has 6 heteroatoms. The fraction of sp³-hybridized carbons (Fsp3) is 0.429. The Hall–Kier alpha value is -2.11. The van der Waals surface area contributed by atoms with E-state index in [0.29, 0.717) is 25.8 Å². The highest BCUT2D eigenvalue weighted by Crippen LogP contribution is 2.02. The number of rotatable bonds is 7. The molecule has 2 amide bonds. The van der Waals surface area contributed by atoms with Crippen molar-refractivity contribution in [1.82, 2.24) is 10.6 Å². The van der Waals surface area contributed by atoms with Gasteiger partial charge in [-0.25, -0.2) is 14.0 Å². The molecule has 3 N–H and O–H groups in total. The zero-order valence-electron chi connectivity index (χ0n) is 11.4. The number of nitrogens with one attached hydrogen (secondary N) is 2. The number of carboxylic acid groups (broad SMARTS) is 1. The van der Waals surface area contributed by atoms with Crippen LogP contribution in [0.1, 0.15) is 25.3 Å². The molecule has 0 spiro atoms. The van der Waals surface area contributed by atoms with Crippen LogP contribution in [0.3, 0.4) is 0 Å². The van der Waals surface area contributed by atoms with E-state index in [-0.39, 0.29) is 5.82 Å². The van der Waals surface area contributed by atoms with Crippen molar-refractivity contribution in [2.75, 3.05) is 6.54 Å². The Balaban J connectivity index is 2.32. The summed E-state index contributed by atoms with van der Waals surface area (Å²) in [6, 6.07) is 4.63. The molecule has 0 radical (unpaired) electrons. The second kappa shape index (κ2) is 8.14. The van der Waals surface area contributed by atoms with Crippen LogP contribution in [-0.4, -0.2) is 29.7 Å². The average Bonchev–Trinajstić information content (AvgIpc) is 2.40. The number of benzene rings is 1. The van der Waals surface area contributed by atoms with E-state index in [1.54, 1.807) is 12.1 Å². The molecule has 0 unspecified atom stereocenters. The summed E-state index contributed by atoms with van der Waals surface area (Å²) in [6.45, 7) is 2.21. The number of carbonyl (C=O) groups is 2. The van der Waals surface area contributed by atoms with Gasteiger partial charge in [-0.15, -0.1) is 0 Å². The van der Waals surface area contributed by atoms with E-state index in [0.717, 1.165) is 5.56 Å². The van der Waals surface area contributed by atoms with Crippen molar-refractivity contribution in [3.63, 3.8) is 0 Å². The standard InChI is InChI=1S/C14H19FN2O3/c1-2-3-12(13(18)19)17-14(20)16-9-8-10-4-6-11(15)7-5-10/h4-7,12H,2-3,8-9H2,1H3,(H,18,19)(H2,16,17,20)/t12-/m1/s1. The maximum absolute atomic E-state index is 12.7. The minimum absolute atomic E-state index is 0.302. The molecule has 1 atom stereocenters. The maximum Gasteiger partial charge on any atom is 0.326 e. The zero-order chi connectivity index (χ0) is 15.0. The molecule has 5 nitrogen and oxygen atoms in total. The summed E-state index contributed by atoms with van der Waals surface area (Å²) in [5, 5.41) is 13.9. The van der Waals surface area contributed by atoms with Gasteiger partial charge in [-0.2, -0.15) is 0 Å². The lowest BCUT2D eigenvalue weighted by Gasteiger charge is -2.14. The minimum atomic E-state index is -1.04. The maximum atomic E-state index is 12.7. The van der Waals surface area contributed by atoms with Crippen LogP contribution >= 0.6 is 0 Å². The predicted octanol–water partition coefficient (Wildman–Crippen LogP) is 1.92. The van der Waals surface area contributed by atoms with Gasteiger partial charge in [0.15, 0.2) is 0 Å². The number of hydrogen-bond donors (Lipinski definition) is 3. The van der Waals surface area contributed by atoms with E-state index in [4.69, 9.17) is 5.11 Å². The molecule has 1 aromatic rings. The Kier molecular flexibility index (Phi) is 6.49. The molecule has 0 saturated heterocycles. The van der Waals surface area contributed by atoms with Gasteiger partial charge in [-0.05, 0) is 30.5 Å². The van der Waals surface area contributed by atoms with Crippen molar-refractivity contribution >= 4 is 12.0 Å². The number of hydrogen-bond acceptors (Lipinski definition) is 2. The van der Waals surface area contributed by atoms with Crippen molar-refractivity contribution in [2.24, 2.45) is 0 Å². The Morgan fingerprint density at radius 1 is 1.30 bits per heavy atom. The number of amides is 2. The number of halogens is 1. The first kappa shape index (κ1) is 15.9. The van der Waals surface area contributed by atoms with Gasteiger partial charge in [0, 0.05) is 6.54 Å². The average molecular weight is 282 g/mol. The van der Waals surface area contributed by atoms with Crippen molar-refractivity contribution in [3.05, 3.63) is 35.6 Å². The quantitative estimate of drug-likeness (QED) is 0.715. The van der Waals surface area contributed by atoms with Gasteiger partial charge in [0.2, 0.25) is 0 Å². The first-order valence-corrected chi connectivity index (χ1v) is 6.54. The molecular formula is C14H19FN2O3. The second-order valence-electron chi connectivity index (χ2n) is 4.46. The normalized spacial score (nSPS) is 11.7. The third-order valence-electron chi connectivity index (χ3n) is 2.79. The van der Waals surface area contributed by atoms with Crippen LogP contribution in [-0.2, 0) is 11.2 Å². The first-order valence-electron chi connectivity index (χ1n) is 6.54. The van der Waals surface area contributed by atoms with Crippen LogP contribution in [0.5, 0.6) is 0 Å². The number of aliphatic carboxylic acids is 1. The molecule has 0 aliphatic carbocycles. The molecule has 1 aromatic carbocycles. The summed E-state index contributed by atoms with van der Waals surface area (Å²) < 4.78 is 12.7. The monoisotopic (exact) mass is 282 g/mol. The summed E-state index contributed by atoms with van der Waals surface area (Å²) in [5.74, 6) is -1.34. The fourth-order valence-electron chi connectivity index (χ4n) is 1.73. The van der Waals surface area contributed by atoms with E-state index in [2.05, 4.69) is 10.6 Å². The van der Waals surface area contributed by atoms with Gasteiger partial charge in [-0.3, -0.25) is 0 Å². The third kappa shape index (κ3) is 5.69. The first-order chi connectivity index (χ1) is 9.52. The molecule has 0 saturated carbocycles. The largest absolute Gasteiger partial charge is 0.480 e. The van der Waals surface area contributed by atoms with Crippen LogP contribution in [0.15, 0.2) is 24.3 Å². The van der Waals surface area contributed by atoms with E-state index in [1.807, 2.05) is 6.92 Å². The number of carboxylic acids is 1. The highest BCUT2D eigenvalue weighted by molar-refractivity contribution is 5.82. The van der Waals surface area contributed by atoms with E-state index in [1.165, 1.54) is 12.1 Å². The second-order valence-corrected chi connectivity index (χ2v) is 4.46. The van der Waals surface area contributed by atoms with Crippen LogP contribution in [0.25, 0.3) is 0 Å². The van der Waals surface area contributed by atoms with Gasteiger partial charge in [0.05, 0.1) is 0 Å². The van der Waals surface area contributed by atoms with Gasteiger partial charge >= 0.3 is 12.0 Å².